The van der Waals surface area contributed by atoms with Crippen LogP contribution < -0.4 is 9.64 Å². The fourth-order valence-electron chi connectivity index (χ4n) is 4.38. The Morgan fingerprint density at radius 1 is 1.10 bits per heavy atom. The first kappa shape index (κ1) is 18.4. The normalized spacial score (nSPS) is 18.8. The zero-order valence-electron chi connectivity index (χ0n) is 16.5. The minimum atomic E-state index is 0.0701. The summed E-state index contributed by atoms with van der Waals surface area (Å²) in [6.07, 6.45) is 0.964. The van der Waals surface area contributed by atoms with Crippen molar-refractivity contribution >= 4 is 34.1 Å². The first-order valence-electron chi connectivity index (χ1n) is 10.2. The number of halogens is 1. The Morgan fingerprint density at radius 2 is 1.86 bits per heavy atom. The molecule has 0 spiro atoms. The van der Waals surface area contributed by atoms with Gasteiger partial charge in [0.1, 0.15) is 17.5 Å². The van der Waals surface area contributed by atoms with Crippen molar-refractivity contribution in [3.05, 3.63) is 59.2 Å². The minimum absolute atomic E-state index is 0.0701. The number of ether oxygens (including phenoxy) is 1. The van der Waals surface area contributed by atoms with Crippen LogP contribution in [0, 0.1) is 0 Å². The van der Waals surface area contributed by atoms with Crippen LogP contribution in [0.15, 0.2) is 48.5 Å². The highest BCUT2D eigenvalue weighted by Crippen LogP contribution is 2.38. The van der Waals surface area contributed by atoms with Crippen molar-refractivity contribution in [2.24, 2.45) is 0 Å². The second-order valence-electron chi connectivity index (χ2n) is 7.71. The van der Waals surface area contributed by atoms with Crippen molar-refractivity contribution < 1.29 is 9.53 Å². The fourth-order valence-corrected chi connectivity index (χ4v) is 4.58. The van der Waals surface area contributed by atoms with Crippen LogP contribution >= 0.6 is 11.6 Å². The van der Waals surface area contributed by atoms with E-state index in [1.165, 1.54) is 5.69 Å². The number of nitrogens with zero attached hydrogens (tertiary/aromatic N) is 3. The van der Waals surface area contributed by atoms with E-state index in [9.17, 15) is 4.79 Å². The summed E-state index contributed by atoms with van der Waals surface area (Å²) < 4.78 is 8.21. The second kappa shape index (κ2) is 7.30. The molecule has 0 aliphatic carbocycles. The zero-order valence-corrected chi connectivity index (χ0v) is 17.2. The van der Waals surface area contributed by atoms with E-state index in [-0.39, 0.29) is 12.0 Å². The SMILES string of the molecule is CCC1Cn2c(C(=O)N3CCN(c4ccccc4)CC3)cc3c(Cl)ccc(c32)O1. The second-order valence-corrected chi connectivity index (χ2v) is 8.12. The summed E-state index contributed by atoms with van der Waals surface area (Å²) in [6, 6.07) is 16.1. The van der Waals surface area contributed by atoms with E-state index in [4.69, 9.17) is 16.3 Å². The molecular formula is C23H24ClN3O2. The van der Waals surface area contributed by atoms with E-state index >= 15 is 0 Å². The Morgan fingerprint density at radius 3 is 2.59 bits per heavy atom. The summed E-state index contributed by atoms with van der Waals surface area (Å²) >= 11 is 6.44. The smallest absolute Gasteiger partial charge is 0.270 e. The Kier molecular flexibility index (Phi) is 4.63. The lowest BCUT2D eigenvalue weighted by molar-refractivity contribution is 0.0730. The first-order chi connectivity index (χ1) is 14.2. The van der Waals surface area contributed by atoms with Gasteiger partial charge in [-0.25, -0.2) is 0 Å². The molecule has 5 nitrogen and oxygen atoms in total. The summed E-state index contributed by atoms with van der Waals surface area (Å²) in [6.45, 7) is 5.88. The quantitative estimate of drug-likeness (QED) is 0.642. The van der Waals surface area contributed by atoms with Gasteiger partial charge in [-0.05, 0) is 36.8 Å². The van der Waals surface area contributed by atoms with Gasteiger partial charge >= 0.3 is 0 Å². The van der Waals surface area contributed by atoms with Gasteiger partial charge in [-0.3, -0.25) is 4.79 Å². The number of carbonyl (C=O) groups is 1. The van der Waals surface area contributed by atoms with Crippen molar-refractivity contribution in [3.8, 4) is 5.75 Å². The molecule has 2 aliphatic rings. The van der Waals surface area contributed by atoms with Crippen LogP contribution in [0.4, 0.5) is 5.69 Å². The summed E-state index contributed by atoms with van der Waals surface area (Å²) in [5.41, 5.74) is 2.86. The highest BCUT2D eigenvalue weighted by molar-refractivity contribution is 6.36. The first-order valence-corrected chi connectivity index (χ1v) is 10.6. The number of anilines is 1. The molecule has 2 aliphatic heterocycles. The number of hydrogen-bond donors (Lipinski definition) is 0. The molecule has 0 bridgehead atoms. The largest absolute Gasteiger partial charge is 0.486 e. The minimum Gasteiger partial charge on any atom is -0.486 e. The third kappa shape index (κ3) is 3.14. The molecule has 6 heteroatoms. The van der Waals surface area contributed by atoms with E-state index in [1.807, 2.05) is 29.2 Å². The van der Waals surface area contributed by atoms with Crippen molar-refractivity contribution in [1.29, 1.82) is 0 Å². The highest BCUT2D eigenvalue weighted by Gasteiger charge is 2.30. The van der Waals surface area contributed by atoms with Crippen LogP contribution in [-0.4, -0.2) is 47.7 Å². The number of rotatable bonds is 3. The maximum atomic E-state index is 13.4. The molecule has 1 amide bonds. The molecule has 0 radical (unpaired) electrons. The Labute approximate surface area is 175 Å². The van der Waals surface area contributed by atoms with Crippen molar-refractivity contribution in [2.45, 2.75) is 26.0 Å². The van der Waals surface area contributed by atoms with Crippen LogP contribution in [0.1, 0.15) is 23.8 Å². The lowest BCUT2D eigenvalue weighted by Gasteiger charge is -2.36. The van der Waals surface area contributed by atoms with Gasteiger partial charge in [0.25, 0.3) is 5.91 Å². The average molecular weight is 410 g/mol. The number of piperazine rings is 1. The predicted molar refractivity (Wildman–Crippen MR) is 116 cm³/mol. The van der Waals surface area contributed by atoms with Crippen LogP contribution in [0.3, 0.4) is 0 Å². The van der Waals surface area contributed by atoms with Gasteiger partial charge in [0.2, 0.25) is 0 Å². The Balaban J connectivity index is 1.43. The molecule has 3 heterocycles. The molecule has 1 fully saturated rings. The van der Waals surface area contributed by atoms with Gasteiger partial charge in [0.15, 0.2) is 0 Å². The molecule has 29 heavy (non-hydrogen) atoms. The monoisotopic (exact) mass is 409 g/mol. The molecule has 0 N–H and O–H groups in total. The van der Waals surface area contributed by atoms with E-state index < -0.39 is 0 Å². The van der Waals surface area contributed by atoms with Gasteiger partial charge in [0.05, 0.1) is 17.1 Å². The van der Waals surface area contributed by atoms with E-state index in [1.54, 1.807) is 0 Å². The predicted octanol–water partition coefficient (Wildman–Crippen LogP) is 4.43. The van der Waals surface area contributed by atoms with Crippen molar-refractivity contribution in [2.75, 3.05) is 31.1 Å². The average Bonchev–Trinajstić information content (AvgIpc) is 3.17. The van der Waals surface area contributed by atoms with Gasteiger partial charge in [-0.15, -0.1) is 0 Å². The lowest BCUT2D eigenvalue weighted by Crippen LogP contribution is -2.49. The van der Waals surface area contributed by atoms with Gasteiger partial charge in [0, 0.05) is 37.3 Å². The van der Waals surface area contributed by atoms with Gasteiger partial charge < -0.3 is 19.1 Å². The fraction of sp³-hybridized carbons (Fsp3) is 0.348. The highest BCUT2D eigenvalue weighted by atomic mass is 35.5. The number of carbonyl (C=O) groups excluding carboxylic acids is 1. The van der Waals surface area contributed by atoms with Crippen LogP contribution in [0.5, 0.6) is 5.75 Å². The van der Waals surface area contributed by atoms with Gasteiger partial charge in [-0.2, -0.15) is 0 Å². The number of aromatic nitrogens is 1. The molecular weight excluding hydrogens is 386 g/mol. The number of para-hydroxylation sites is 1. The maximum absolute atomic E-state index is 13.4. The van der Waals surface area contributed by atoms with Gasteiger partial charge in [-0.1, -0.05) is 36.7 Å². The molecule has 5 rings (SSSR count). The molecule has 1 saturated heterocycles. The zero-order chi connectivity index (χ0) is 20.0. The Bertz CT molecular complexity index is 1050. The van der Waals surface area contributed by atoms with Crippen molar-refractivity contribution in [1.82, 2.24) is 9.47 Å². The topological polar surface area (TPSA) is 37.7 Å². The van der Waals surface area contributed by atoms with Crippen LogP contribution in [0.2, 0.25) is 5.02 Å². The summed E-state index contributed by atoms with van der Waals surface area (Å²) in [5.74, 6) is 0.892. The number of amides is 1. The van der Waals surface area contributed by atoms with Crippen LogP contribution in [-0.2, 0) is 6.54 Å². The third-order valence-electron chi connectivity index (χ3n) is 6.01. The van der Waals surface area contributed by atoms with E-state index in [2.05, 4.69) is 40.7 Å². The molecule has 3 aromatic rings. The number of hydrogen-bond acceptors (Lipinski definition) is 3. The van der Waals surface area contributed by atoms with Crippen LogP contribution in [0.25, 0.3) is 10.9 Å². The van der Waals surface area contributed by atoms with E-state index in [0.717, 1.165) is 36.2 Å². The maximum Gasteiger partial charge on any atom is 0.270 e. The molecule has 1 unspecified atom stereocenters. The summed E-state index contributed by atoms with van der Waals surface area (Å²) in [4.78, 5) is 17.7. The third-order valence-corrected chi connectivity index (χ3v) is 6.34. The molecule has 0 saturated carbocycles. The standard InChI is InChI=1S/C23H24ClN3O2/c1-2-17-15-27-20(14-18-19(24)8-9-21(29-17)22(18)27)23(28)26-12-10-25(11-13-26)16-6-4-3-5-7-16/h3-9,14,17H,2,10-13,15H2,1H3. The molecule has 2 aromatic carbocycles. The van der Waals surface area contributed by atoms with E-state index in [0.29, 0.717) is 30.4 Å². The number of benzene rings is 2. The van der Waals surface area contributed by atoms with Crippen molar-refractivity contribution in [3.63, 3.8) is 0 Å². The molecule has 1 aromatic heterocycles. The molecule has 150 valence electrons. The summed E-state index contributed by atoms with van der Waals surface area (Å²) in [7, 11) is 0. The Hall–Kier alpha value is -2.66. The molecule has 1 atom stereocenters. The summed E-state index contributed by atoms with van der Waals surface area (Å²) in [5, 5.41) is 1.55. The lowest BCUT2D eigenvalue weighted by atomic mass is 10.2.